The van der Waals surface area contributed by atoms with E-state index < -0.39 is 0 Å². The van der Waals surface area contributed by atoms with Gasteiger partial charge in [-0.1, -0.05) is 23.4 Å². The smallest absolute Gasteiger partial charge is 0.233 e. The molecule has 2 aromatic rings. The summed E-state index contributed by atoms with van der Waals surface area (Å²) in [4.78, 5) is 16.4. The van der Waals surface area contributed by atoms with Gasteiger partial charge in [-0.05, 0) is 38.0 Å². The first-order valence-corrected chi connectivity index (χ1v) is 8.22. The number of thiazole rings is 1. The van der Waals surface area contributed by atoms with Crippen LogP contribution in [0.25, 0.3) is 10.2 Å². The average molecular weight is 313 g/mol. The van der Waals surface area contributed by atoms with Crippen LogP contribution in [0.4, 0.5) is 0 Å². The van der Waals surface area contributed by atoms with E-state index in [4.69, 9.17) is 11.6 Å². The van der Waals surface area contributed by atoms with Crippen molar-refractivity contribution in [2.24, 2.45) is 0 Å². The topological polar surface area (TPSA) is 42.0 Å². The fourth-order valence-electron chi connectivity index (χ4n) is 1.68. The predicted molar refractivity (Wildman–Crippen MR) is 81.1 cm³/mol. The van der Waals surface area contributed by atoms with Gasteiger partial charge in [0.05, 0.1) is 15.5 Å². The number of thioether (sulfide) groups is 1. The molecule has 1 aromatic carbocycles. The maximum absolute atomic E-state index is 11.9. The molecule has 0 spiro atoms. The van der Waals surface area contributed by atoms with Crippen molar-refractivity contribution in [3.63, 3.8) is 0 Å². The predicted octanol–water partition coefficient (Wildman–Crippen LogP) is 3.71. The number of amides is 1. The molecule has 3 nitrogen and oxygen atoms in total. The molecule has 1 aliphatic carbocycles. The van der Waals surface area contributed by atoms with Crippen LogP contribution in [-0.4, -0.2) is 22.2 Å². The van der Waals surface area contributed by atoms with Crippen molar-refractivity contribution < 1.29 is 4.79 Å². The lowest BCUT2D eigenvalue weighted by Crippen LogP contribution is -2.32. The van der Waals surface area contributed by atoms with E-state index in [0.29, 0.717) is 11.1 Å². The van der Waals surface area contributed by atoms with Gasteiger partial charge in [0, 0.05) is 11.1 Å². The minimum absolute atomic E-state index is 0.102. The highest BCUT2D eigenvalue weighted by Crippen LogP contribution is 2.33. The molecule has 1 unspecified atom stereocenters. The maximum Gasteiger partial charge on any atom is 0.233 e. The molecule has 1 N–H and O–H groups in total. The van der Waals surface area contributed by atoms with Gasteiger partial charge in [-0.3, -0.25) is 4.79 Å². The first-order chi connectivity index (χ1) is 9.11. The number of fused-ring (bicyclic) bond motifs is 1. The Balaban J connectivity index is 1.71. The molecular weight excluding hydrogens is 300 g/mol. The second-order valence-corrected chi connectivity index (χ2v) is 7.69. The van der Waals surface area contributed by atoms with E-state index in [9.17, 15) is 4.79 Å². The quantitative estimate of drug-likeness (QED) is 0.875. The van der Waals surface area contributed by atoms with Gasteiger partial charge < -0.3 is 5.32 Å². The summed E-state index contributed by atoms with van der Waals surface area (Å²) in [6, 6.07) is 6.09. The molecule has 19 heavy (non-hydrogen) atoms. The zero-order chi connectivity index (χ0) is 13.4. The highest BCUT2D eigenvalue weighted by atomic mass is 35.5. The third-order valence-corrected chi connectivity index (χ3v) is 5.37. The summed E-state index contributed by atoms with van der Waals surface area (Å²) in [7, 11) is 0. The number of rotatable bonds is 4. The van der Waals surface area contributed by atoms with Crippen LogP contribution in [0.15, 0.2) is 22.5 Å². The largest absolute Gasteiger partial charge is 0.352 e. The van der Waals surface area contributed by atoms with E-state index in [2.05, 4.69) is 10.3 Å². The average Bonchev–Trinajstić information content (AvgIpc) is 3.08. The number of benzene rings is 1. The minimum atomic E-state index is -0.114. The first kappa shape index (κ1) is 13.2. The summed E-state index contributed by atoms with van der Waals surface area (Å²) >= 11 is 9.05. The molecule has 1 aromatic heterocycles. The Morgan fingerprint density at radius 1 is 1.58 bits per heavy atom. The molecule has 100 valence electrons. The molecular formula is C13H13ClN2OS2. The number of nitrogens with one attached hydrogen (secondary N) is 1. The minimum Gasteiger partial charge on any atom is -0.352 e. The molecule has 6 heteroatoms. The van der Waals surface area contributed by atoms with E-state index >= 15 is 0 Å². The molecule has 1 heterocycles. The van der Waals surface area contributed by atoms with Crippen LogP contribution in [0.5, 0.6) is 0 Å². The van der Waals surface area contributed by atoms with E-state index in [0.717, 1.165) is 27.4 Å². The molecule has 0 aliphatic heterocycles. The summed E-state index contributed by atoms with van der Waals surface area (Å²) in [6.45, 7) is 1.92. The second-order valence-electron chi connectivity index (χ2n) is 4.63. The number of nitrogens with zero attached hydrogens (tertiary/aromatic N) is 1. The number of halogens is 1. The first-order valence-electron chi connectivity index (χ1n) is 6.15. The van der Waals surface area contributed by atoms with E-state index in [-0.39, 0.29) is 11.2 Å². The lowest BCUT2D eigenvalue weighted by molar-refractivity contribution is -0.120. The molecule has 0 bridgehead atoms. The van der Waals surface area contributed by atoms with E-state index in [1.807, 2.05) is 25.1 Å². The van der Waals surface area contributed by atoms with Gasteiger partial charge in [0.25, 0.3) is 0 Å². The maximum atomic E-state index is 11.9. The van der Waals surface area contributed by atoms with Crippen LogP contribution in [0, 0.1) is 0 Å². The third kappa shape index (κ3) is 3.22. The molecule has 0 saturated heterocycles. The Hall–Kier alpha value is -0.780. The lowest BCUT2D eigenvalue weighted by Gasteiger charge is -2.08. The van der Waals surface area contributed by atoms with Crippen molar-refractivity contribution in [2.45, 2.75) is 35.4 Å². The van der Waals surface area contributed by atoms with Crippen LogP contribution in [-0.2, 0) is 4.79 Å². The summed E-state index contributed by atoms with van der Waals surface area (Å²) in [5.41, 5.74) is 0.898. The molecule has 3 rings (SSSR count). The van der Waals surface area contributed by atoms with Crippen molar-refractivity contribution in [3.05, 3.63) is 23.2 Å². The molecule has 1 atom stereocenters. The summed E-state index contributed by atoms with van der Waals surface area (Å²) in [5, 5.41) is 3.59. The Morgan fingerprint density at radius 2 is 2.37 bits per heavy atom. The van der Waals surface area contributed by atoms with Crippen LogP contribution < -0.4 is 5.32 Å². The van der Waals surface area contributed by atoms with Crippen molar-refractivity contribution in [1.82, 2.24) is 10.3 Å². The van der Waals surface area contributed by atoms with Gasteiger partial charge in [0.2, 0.25) is 5.91 Å². The second kappa shape index (κ2) is 5.31. The SMILES string of the molecule is CC(Sc1nc2cc(Cl)ccc2s1)C(=O)NC1CC1. The number of carbonyl (C=O) groups is 1. The lowest BCUT2D eigenvalue weighted by atomic mass is 10.3. The Bertz CT molecular complexity index is 624. The number of carbonyl (C=O) groups excluding carboxylic acids is 1. The van der Waals surface area contributed by atoms with Crippen molar-refractivity contribution in [2.75, 3.05) is 0 Å². The van der Waals surface area contributed by atoms with Crippen molar-refractivity contribution >= 4 is 50.8 Å². The number of hydrogen-bond acceptors (Lipinski definition) is 4. The molecule has 1 aliphatic rings. The fourth-order valence-corrected chi connectivity index (χ4v) is 4.05. The Kier molecular flexibility index (Phi) is 3.69. The zero-order valence-electron chi connectivity index (χ0n) is 10.4. The standard InChI is InChI=1S/C13H13ClN2OS2/c1-7(12(17)15-9-3-4-9)18-13-16-10-6-8(14)2-5-11(10)19-13/h2,5-7,9H,3-4H2,1H3,(H,15,17). The summed E-state index contributed by atoms with van der Waals surface area (Å²) < 4.78 is 2.01. The van der Waals surface area contributed by atoms with Crippen LogP contribution in [0.3, 0.4) is 0 Å². The van der Waals surface area contributed by atoms with Gasteiger partial charge in [-0.15, -0.1) is 11.3 Å². The van der Waals surface area contributed by atoms with Crippen molar-refractivity contribution in [3.8, 4) is 0 Å². The Labute approximate surface area is 124 Å². The molecule has 1 saturated carbocycles. The number of hydrogen-bond donors (Lipinski definition) is 1. The van der Waals surface area contributed by atoms with Crippen LogP contribution >= 0.6 is 34.7 Å². The Morgan fingerprint density at radius 3 is 3.11 bits per heavy atom. The molecule has 0 radical (unpaired) electrons. The van der Waals surface area contributed by atoms with Gasteiger partial charge in [-0.2, -0.15) is 0 Å². The van der Waals surface area contributed by atoms with Crippen molar-refractivity contribution in [1.29, 1.82) is 0 Å². The van der Waals surface area contributed by atoms with Gasteiger partial charge in [0.15, 0.2) is 4.34 Å². The van der Waals surface area contributed by atoms with Gasteiger partial charge in [-0.25, -0.2) is 4.98 Å². The normalized spacial score (nSPS) is 16.5. The molecule has 1 amide bonds. The fraction of sp³-hybridized carbons (Fsp3) is 0.385. The highest BCUT2D eigenvalue weighted by molar-refractivity contribution is 8.02. The molecule has 1 fully saturated rings. The zero-order valence-corrected chi connectivity index (χ0v) is 12.7. The summed E-state index contributed by atoms with van der Waals surface area (Å²) in [5.74, 6) is 0.102. The van der Waals surface area contributed by atoms with Crippen LogP contribution in [0.2, 0.25) is 5.02 Å². The van der Waals surface area contributed by atoms with E-state index in [1.165, 1.54) is 11.8 Å². The van der Waals surface area contributed by atoms with Gasteiger partial charge >= 0.3 is 0 Å². The van der Waals surface area contributed by atoms with E-state index in [1.54, 1.807) is 11.3 Å². The monoisotopic (exact) mass is 312 g/mol. The van der Waals surface area contributed by atoms with Gasteiger partial charge in [0.1, 0.15) is 0 Å². The highest BCUT2D eigenvalue weighted by Gasteiger charge is 2.26. The van der Waals surface area contributed by atoms with Crippen LogP contribution in [0.1, 0.15) is 19.8 Å². The number of aromatic nitrogens is 1. The summed E-state index contributed by atoms with van der Waals surface area (Å²) in [6.07, 6.45) is 2.23. The third-order valence-electron chi connectivity index (χ3n) is 2.90.